The number of hydrogen-bond acceptors (Lipinski definition) is 4. The molecule has 5 heteroatoms. The molecule has 0 saturated heterocycles. The molecule has 3 heterocycles. The van der Waals surface area contributed by atoms with Gasteiger partial charge < -0.3 is 4.42 Å². The minimum Gasteiger partial charge on any atom is -0.456 e. The third kappa shape index (κ3) is 5.21. The van der Waals surface area contributed by atoms with Crippen molar-refractivity contribution in [3.63, 3.8) is 0 Å². The standard InChI is InChI=1S/C53H32N4O/c1-3-12-33(13-4-1)51-54-52(34-14-5-2-6-15-34)56-53(55-51)57-47-21-10-9-19-42(47)43-25-22-38(32-48(43)57)37-23-26-49-45(30-37)46-31-40(24-27-50(46)58-49)41-20-11-18-39-28-35-16-7-8-17-36(35)29-44(39)41/h1-32H. The fraction of sp³-hybridized carbons (Fsp3) is 0. The van der Waals surface area contributed by atoms with Crippen LogP contribution in [0.2, 0.25) is 0 Å². The number of fused-ring (bicyclic) bond motifs is 8. The third-order valence-electron chi connectivity index (χ3n) is 11.4. The van der Waals surface area contributed by atoms with Crippen molar-refractivity contribution in [3.05, 3.63) is 194 Å². The maximum absolute atomic E-state index is 6.44. The number of aromatic nitrogens is 4. The van der Waals surface area contributed by atoms with Crippen LogP contribution >= 0.6 is 0 Å². The first-order valence-electron chi connectivity index (χ1n) is 19.5. The monoisotopic (exact) mass is 740 g/mol. The fourth-order valence-corrected chi connectivity index (χ4v) is 8.61. The van der Waals surface area contributed by atoms with Gasteiger partial charge in [0.25, 0.3) is 0 Å². The summed E-state index contributed by atoms with van der Waals surface area (Å²) in [5.41, 5.74) is 10.2. The van der Waals surface area contributed by atoms with E-state index in [1.165, 1.54) is 27.1 Å². The second kappa shape index (κ2) is 12.8. The Morgan fingerprint density at radius 1 is 0.328 bits per heavy atom. The van der Waals surface area contributed by atoms with Gasteiger partial charge in [0, 0.05) is 32.7 Å². The predicted molar refractivity (Wildman–Crippen MR) is 238 cm³/mol. The summed E-state index contributed by atoms with van der Waals surface area (Å²) in [7, 11) is 0. The Kier molecular flexibility index (Phi) is 7.16. The molecule has 270 valence electrons. The van der Waals surface area contributed by atoms with E-state index in [2.05, 4.69) is 138 Å². The Bertz CT molecular complexity index is 3510. The van der Waals surface area contributed by atoms with Crippen LogP contribution in [0.5, 0.6) is 0 Å². The van der Waals surface area contributed by atoms with E-state index in [-0.39, 0.29) is 0 Å². The van der Waals surface area contributed by atoms with E-state index in [0.717, 1.165) is 71.6 Å². The highest BCUT2D eigenvalue weighted by Crippen LogP contribution is 2.39. The van der Waals surface area contributed by atoms with Crippen LogP contribution in [0.15, 0.2) is 199 Å². The number of para-hydroxylation sites is 1. The minimum atomic E-state index is 0.571. The summed E-state index contributed by atoms with van der Waals surface area (Å²) in [6.07, 6.45) is 0. The molecule has 0 bridgehead atoms. The van der Waals surface area contributed by atoms with Gasteiger partial charge in [-0.1, -0.05) is 146 Å². The third-order valence-corrected chi connectivity index (χ3v) is 11.4. The molecule has 58 heavy (non-hydrogen) atoms. The smallest absolute Gasteiger partial charge is 0.238 e. The first-order valence-corrected chi connectivity index (χ1v) is 19.5. The molecule has 0 spiro atoms. The van der Waals surface area contributed by atoms with Gasteiger partial charge in [0.2, 0.25) is 5.95 Å². The highest BCUT2D eigenvalue weighted by Gasteiger charge is 2.19. The molecule has 12 aromatic rings. The average Bonchev–Trinajstić information content (AvgIpc) is 3.83. The van der Waals surface area contributed by atoms with Gasteiger partial charge in [-0.3, -0.25) is 4.57 Å². The molecular formula is C53H32N4O. The lowest BCUT2D eigenvalue weighted by atomic mass is 9.94. The molecule has 0 aliphatic rings. The Morgan fingerprint density at radius 2 is 0.897 bits per heavy atom. The van der Waals surface area contributed by atoms with Gasteiger partial charge in [-0.05, 0) is 92.3 Å². The molecule has 0 aliphatic carbocycles. The number of hydrogen-bond donors (Lipinski definition) is 0. The van der Waals surface area contributed by atoms with Crippen LogP contribution < -0.4 is 0 Å². The van der Waals surface area contributed by atoms with Crippen molar-refractivity contribution in [2.24, 2.45) is 0 Å². The SMILES string of the molecule is c1ccc(-c2nc(-c3ccccc3)nc(-n3c4ccccc4c4ccc(-c5ccc6oc7ccc(-c8cccc9cc%10ccccc%10cc89)cc7c6c5)cc43)n2)cc1. The number of benzene rings is 9. The molecule has 5 nitrogen and oxygen atoms in total. The van der Waals surface area contributed by atoms with Crippen LogP contribution in [0, 0.1) is 0 Å². The molecule has 9 aromatic carbocycles. The maximum atomic E-state index is 6.44. The van der Waals surface area contributed by atoms with Gasteiger partial charge >= 0.3 is 0 Å². The van der Waals surface area contributed by atoms with Crippen molar-refractivity contribution >= 4 is 65.3 Å². The Balaban J connectivity index is 1.03. The van der Waals surface area contributed by atoms with Gasteiger partial charge in [0.15, 0.2) is 11.6 Å². The zero-order chi connectivity index (χ0) is 38.2. The zero-order valence-corrected chi connectivity index (χ0v) is 31.2. The van der Waals surface area contributed by atoms with Crippen molar-refractivity contribution in [2.45, 2.75) is 0 Å². The van der Waals surface area contributed by atoms with Gasteiger partial charge in [-0.2, -0.15) is 9.97 Å². The van der Waals surface area contributed by atoms with Crippen LogP contribution in [-0.2, 0) is 0 Å². The van der Waals surface area contributed by atoms with Gasteiger partial charge in [0.1, 0.15) is 11.2 Å². The minimum absolute atomic E-state index is 0.571. The van der Waals surface area contributed by atoms with Crippen LogP contribution in [0.3, 0.4) is 0 Å². The molecular weight excluding hydrogens is 709 g/mol. The lowest BCUT2D eigenvalue weighted by Crippen LogP contribution is -2.06. The lowest BCUT2D eigenvalue weighted by molar-refractivity contribution is 0.669. The molecule has 0 radical (unpaired) electrons. The van der Waals surface area contributed by atoms with Crippen molar-refractivity contribution < 1.29 is 4.42 Å². The molecule has 0 atom stereocenters. The summed E-state index contributed by atoms with van der Waals surface area (Å²) in [6.45, 7) is 0. The van der Waals surface area contributed by atoms with E-state index >= 15 is 0 Å². The summed E-state index contributed by atoms with van der Waals surface area (Å²) in [4.78, 5) is 15.2. The van der Waals surface area contributed by atoms with Gasteiger partial charge in [0.05, 0.1) is 11.0 Å². The van der Waals surface area contributed by atoms with Gasteiger partial charge in [-0.25, -0.2) is 4.98 Å². The van der Waals surface area contributed by atoms with Crippen LogP contribution in [0.4, 0.5) is 0 Å². The summed E-state index contributed by atoms with van der Waals surface area (Å²) < 4.78 is 8.62. The van der Waals surface area contributed by atoms with Crippen molar-refractivity contribution in [3.8, 4) is 51.0 Å². The van der Waals surface area contributed by atoms with E-state index < -0.39 is 0 Å². The Hall–Kier alpha value is -7.89. The lowest BCUT2D eigenvalue weighted by Gasteiger charge is -2.11. The van der Waals surface area contributed by atoms with Crippen LogP contribution in [0.1, 0.15) is 0 Å². The second-order valence-corrected chi connectivity index (χ2v) is 14.8. The summed E-state index contributed by atoms with van der Waals surface area (Å²) in [5, 5.41) is 9.39. The topological polar surface area (TPSA) is 56.7 Å². The van der Waals surface area contributed by atoms with E-state index in [4.69, 9.17) is 19.4 Å². The average molecular weight is 741 g/mol. The summed E-state index contributed by atoms with van der Waals surface area (Å²) in [6, 6.07) is 68.2. The molecule has 0 fully saturated rings. The van der Waals surface area contributed by atoms with E-state index in [9.17, 15) is 0 Å². The van der Waals surface area contributed by atoms with Crippen molar-refractivity contribution in [1.29, 1.82) is 0 Å². The van der Waals surface area contributed by atoms with Crippen molar-refractivity contribution in [2.75, 3.05) is 0 Å². The fourth-order valence-electron chi connectivity index (χ4n) is 8.61. The normalized spacial score (nSPS) is 11.8. The first kappa shape index (κ1) is 32.4. The van der Waals surface area contributed by atoms with Crippen LogP contribution in [-0.4, -0.2) is 19.5 Å². The molecule has 3 aromatic heterocycles. The zero-order valence-electron chi connectivity index (χ0n) is 31.2. The molecule has 12 rings (SSSR count). The number of rotatable bonds is 5. The van der Waals surface area contributed by atoms with E-state index in [1.807, 2.05) is 60.7 Å². The summed E-state index contributed by atoms with van der Waals surface area (Å²) >= 11 is 0. The highest BCUT2D eigenvalue weighted by atomic mass is 16.3. The molecule has 0 N–H and O–H groups in total. The molecule has 0 unspecified atom stereocenters. The molecule has 0 amide bonds. The Morgan fingerprint density at radius 3 is 1.64 bits per heavy atom. The predicted octanol–water partition coefficient (Wildman–Crippen LogP) is 13.8. The molecule has 0 saturated carbocycles. The second-order valence-electron chi connectivity index (χ2n) is 14.8. The van der Waals surface area contributed by atoms with Gasteiger partial charge in [-0.15, -0.1) is 0 Å². The maximum Gasteiger partial charge on any atom is 0.238 e. The number of nitrogens with zero attached hydrogens (tertiary/aromatic N) is 4. The summed E-state index contributed by atoms with van der Waals surface area (Å²) in [5.74, 6) is 1.82. The van der Waals surface area contributed by atoms with Crippen LogP contribution in [0.25, 0.3) is 116 Å². The van der Waals surface area contributed by atoms with Crippen molar-refractivity contribution in [1.82, 2.24) is 19.5 Å². The highest BCUT2D eigenvalue weighted by molar-refractivity contribution is 6.12. The quantitative estimate of drug-likeness (QED) is 0.165. The number of furan rings is 1. The van der Waals surface area contributed by atoms with E-state index in [0.29, 0.717) is 17.6 Å². The largest absolute Gasteiger partial charge is 0.456 e. The Labute approximate surface area is 333 Å². The first-order chi connectivity index (χ1) is 28.7. The molecule has 0 aliphatic heterocycles. The van der Waals surface area contributed by atoms with E-state index in [1.54, 1.807) is 0 Å².